The lowest BCUT2D eigenvalue weighted by molar-refractivity contribution is -0.114. The number of nitrogens with zero attached hydrogens (tertiary/aromatic N) is 3. The fraction of sp³-hybridized carbons (Fsp3) is 0.471. The summed E-state index contributed by atoms with van der Waals surface area (Å²) in [7, 11) is 1.65. The van der Waals surface area contributed by atoms with E-state index in [4.69, 9.17) is 4.74 Å². The van der Waals surface area contributed by atoms with Crippen molar-refractivity contribution in [3.63, 3.8) is 0 Å². The van der Waals surface area contributed by atoms with Gasteiger partial charge < -0.3 is 10.1 Å². The Kier molecular flexibility index (Phi) is 5.11. The van der Waals surface area contributed by atoms with Gasteiger partial charge in [-0.2, -0.15) is 0 Å². The molecule has 1 amide bonds. The van der Waals surface area contributed by atoms with Gasteiger partial charge in [-0.05, 0) is 18.9 Å². The van der Waals surface area contributed by atoms with Gasteiger partial charge in [-0.3, -0.25) is 9.69 Å². The molecule has 0 aliphatic carbocycles. The number of aromatic nitrogens is 2. The van der Waals surface area contributed by atoms with Gasteiger partial charge in [0.15, 0.2) is 5.13 Å². The van der Waals surface area contributed by atoms with Crippen LogP contribution in [0.15, 0.2) is 18.3 Å². The van der Waals surface area contributed by atoms with Crippen LogP contribution in [0.25, 0.3) is 0 Å². The van der Waals surface area contributed by atoms with Crippen LogP contribution < -0.4 is 10.1 Å². The summed E-state index contributed by atoms with van der Waals surface area (Å²) in [6.45, 7) is 5.52. The van der Waals surface area contributed by atoms with Crippen LogP contribution in [0.1, 0.15) is 30.0 Å². The molecule has 2 aromatic rings. The Morgan fingerprint density at radius 3 is 3.08 bits per heavy atom. The number of methoxy groups -OCH3 is 1. The second-order valence-electron chi connectivity index (χ2n) is 6.05. The Balaban J connectivity index is 1.69. The molecule has 0 fully saturated rings. The molecule has 0 aromatic carbocycles. The molecule has 0 saturated heterocycles. The largest absolute Gasteiger partial charge is 0.481 e. The number of amides is 1. The Morgan fingerprint density at radius 1 is 1.50 bits per heavy atom. The number of carbonyl (C=O) groups is 1. The van der Waals surface area contributed by atoms with Crippen molar-refractivity contribution in [2.24, 2.45) is 0 Å². The number of ether oxygens (including phenoxy) is 1. The van der Waals surface area contributed by atoms with Crippen LogP contribution in [0.5, 0.6) is 5.88 Å². The molecule has 6 nitrogen and oxygen atoms in total. The van der Waals surface area contributed by atoms with Gasteiger partial charge in [0.2, 0.25) is 11.8 Å². The Bertz CT molecular complexity index is 731. The van der Waals surface area contributed by atoms with Crippen molar-refractivity contribution in [2.45, 2.75) is 39.3 Å². The van der Waals surface area contributed by atoms with Crippen molar-refractivity contribution in [3.8, 4) is 5.88 Å². The second kappa shape index (κ2) is 7.27. The van der Waals surface area contributed by atoms with Gasteiger partial charge in [-0.15, -0.1) is 11.3 Å². The van der Waals surface area contributed by atoms with E-state index in [1.54, 1.807) is 7.11 Å². The first kappa shape index (κ1) is 16.9. The molecule has 0 spiro atoms. The highest BCUT2D eigenvalue weighted by Gasteiger charge is 2.22. The molecule has 2 aromatic heterocycles. The van der Waals surface area contributed by atoms with Crippen LogP contribution in [-0.4, -0.2) is 40.5 Å². The number of pyridine rings is 1. The molecule has 0 unspecified atom stereocenters. The van der Waals surface area contributed by atoms with Crippen LogP contribution in [-0.2, 0) is 24.2 Å². The lowest BCUT2D eigenvalue weighted by Crippen LogP contribution is -2.33. The SMILES string of the molecule is COc1ccc2c(n1)CCN(Cc1cnc(NC(C)=O)s1)[C@@H](C)C2. The minimum absolute atomic E-state index is 0.0884. The highest BCUT2D eigenvalue weighted by atomic mass is 32.1. The van der Waals surface area contributed by atoms with Crippen molar-refractivity contribution >= 4 is 22.4 Å². The van der Waals surface area contributed by atoms with Gasteiger partial charge in [0.1, 0.15) is 0 Å². The predicted octanol–water partition coefficient (Wildman–Crippen LogP) is 2.49. The van der Waals surface area contributed by atoms with E-state index in [1.165, 1.54) is 23.8 Å². The Morgan fingerprint density at radius 2 is 2.33 bits per heavy atom. The van der Waals surface area contributed by atoms with E-state index in [0.29, 0.717) is 17.1 Å². The van der Waals surface area contributed by atoms with Gasteiger partial charge >= 0.3 is 0 Å². The Hall–Kier alpha value is -1.99. The molecular weight excluding hydrogens is 324 g/mol. The van der Waals surface area contributed by atoms with E-state index in [9.17, 15) is 4.79 Å². The molecule has 0 bridgehead atoms. The van der Waals surface area contributed by atoms with E-state index in [2.05, 4.69) is 33.2 Å². The summed E-state index contributed by atoms with van der Waals surface area (Å²) in [6, 6.07) is 4.49. The molecular formula is C17H22N4O2S. The number of hydrogen-bond donors (Lipinski definition) is 1. The zero-order valence-corrected chi connectivity index (χ0v) is 15.0. The fourth-order valence-corrected chi connectivity index (χ4v) is 3.85. The maximum Gasteiger partial charge on any atom is 0.223 e. The molecule has 1 N–H and O–H groups in total. The fourth-order valence-electron chi connectivity index (χ4n) is 2.97. The molecule has 24 heavy (non-hydrogen) atoms. The molecule has 1 aliphatic rings. The van der Waals surface area contributed by atoms with E-state index in [1.807, 2.05) is 12.3 Å². The lowest BCUT2D eigenvalue weighted by Gasteiger charge is -2.26. The van der Waals surface area contributed by atoms with Crippen LogP contribution in [0.2, 0.25) is 0 Å². The molecule has 0 saturated carbocycles. The zero-order valence-electron chi connectivity index (χ0n) is 14.2. The maximum atomic E-state index is 11.1. The van der Waals surface area contributed by atoms with Crippen molar-refractivity contribution in [1.82, 2.24) is 14.9 Å². The van der Waals surface area contributed by atoms with Crippen LogP contribution >= 0.6 is 11.3 Å². The smallest absolute Gasteiger partial charge is 0.223 e. The van der Waals surface area contributed by atoms with Crippen LogP contribution in [0, 0.1) is 0 Å². The minimum Gasteiger partial charge on any atom is -0.481 e. The van der Waals surface area contributed by atoms with Crippen molar-refractivity contribution in [1.29, 1.82) is 0 Å². The van der Waals surface area contributed by atoms with E-state index in [0.717, 1.165) is 36.5 Å². The number of fused-ring (bicyclic) bond motifs is 1. The molecule has 0 radical (unpaired) electrons. The summed E-state index contributed by atoms with van der Waals surface area (Å²) in [5.74, 6) is 0.590. The summed E-state index contributed by atoms with van der Waals surface area (Å²) in [6.07, 6.45) is 3.74. The van der Waals surface area contributed by atoms with Gasteiger partial charge in [0.25, 0.3) is 0 Å². The van der Waals surface area contributed by atoms with Gasteiger partial charge in [0.05, 0.1) is 7.11 Å². The average Bonchev–Trinajstić information content (AvgIpc) is 2.91. The van der Waals surface area contributed by atoms with Gasteiger partial charge in [0, 0.05) is 55.3 Å². The minimum atomic E-state index is -0.0884. The maximum absolute atomic E-state index is 11.1. The summed E-state index contributed by atoms with van der Waals surface area (Å²) < 4.78 is 5.24. The standard InChI is InChI=1S/C17H22N4O2S/c1-11-8-13-4-5-16(23-3)20-15(13)6-7-21(11)10-14-9-18-17(24-14)19-12(2)22/h4-5,9,11H,6-8,10H2,1-3H3,(H,18,19,22)/t11-/m0/s1. The van der Waals surface area contributed by atoms with E-state index < -0.39 is 0 Å². The Labute approximate surface area is 145 Å². The predicted molar refractivity (Wildman–Crippen MR) is 94.5 cm³/mol. The van der Waals surface area contributed by atoms with Gasteiger partial charge in [-0.1, -0.05) is 6.07 Å². The molecule has 7 heteroatoms. The zero-order chi connectivity index (χ0) is 17.1. The van der Waals surface area contributed by atoms with E-state index >= 15 is 0 Å². The van der Waals surface area contributed by atoms with E-state index in [-0.39, 0.29) is 5.91 Å². The van der Waals surface area contributed by atoms with Crippen molar-refractivity contribution in [2.75, 3.05) is 19.0 Å². The van der Waals surface area contributed by atoms with Crippen molar-refractivity contribution in [3.05, 3.63) is 34.5 Å². The quantitative estimate of drug-likeness (QED) is 0.921. The molecule has 1 aliphatic heterocycles. The molecule has 1 atom stereocenters. The number of nitrogens with one attached hydrogen (secondary N) is 1. The molecule has 3 heterocycles. The number of rotatable bonds is 4. The first-order valence-electron chi connectivity index (χ1n) is 8.04. The highest BCUT2D eigenvalue weighted by Crippen LogP contribution is 2.25. The summed E-state index contributed by atoms with van der Waals surface area (Å²) >= 11 is 1.53. The lowest BCUT2D eigenvalue weighted by atomic mass is 10.1. The topological polar surface area (TPSA) is 67.3 Å². The van der Waals surface area contributed by atoms with Crippen LogP contribution in [0.4, 0.5) is 5.13 Å². The molecule has 128 valence electrons. The normalized spacial score (nSPS) is 17.9. The highest BCUT2D eigenvalue weighted by molar-refractivity contribution is 7.15. The summed E-state index contributed by atoms with van der Waals surface area (Å²) in [5.41, 5.74) is 2.43. The third-order valence-electron chi connectivity index (χ3n) is 4.22. The first-order valence-corrected chi connectivity index (χ1v) is 8.86. The van der Waals surface area contributed by atoms with Crippen LogP contribution in [0.3, 0.4) is 0 Å². The summed E-state index contributed by atoms with van der Waals surface area (Å²) in [4.78, 5) is 23.6. The van der Waals surface area contributed by atoms with Gasteiger partial charge in [-0.25, -0.2) is 9.97 Å². The third kappa shape index (κ3) is 3.91. The monoisotopic (exact) mass is 346 g/mol. The first-order chi connectivity index (χ1) is 11.5. The summed E-state index contributed by atoms with van der Waals surface area (Å²) in [5, 5.41) is 3.40. The number of hydrogen-bond acceptors (Lipinski definition) is 6. The van der Waals surface area contributed by atoms with Crippen molar-refractivity contribution < 1.29 is 9.53 Å². The number of thiazole rings is 1. The second-order valence-corrected chi connectivity index (χ2v) is 7.16. The third-order valence-corrected chi connectivity index (χ3v) is 5.12. The average molecular weight is 346 g/mol. The number of carbonyl (C=O) groups excluding carboxylic acids is 1. The molecule has 3 rings (SSSR count). The number of anilines is 1.